The number of rotatable bonds is 6. The van der Waals surface area contributed by atoms with E-state index in [2.05, 4.69) is 9.88 Å². The van der Waals surface area contributed by atoms with Gasteiger partial charge in [-0.1, -0.05) is 30.3 Å². The number of nitrogens with one attached hydrogen (secondary N) is 1. The summed E-state index contributed by atoms with van der Waals surface area (Å²) in [6.07, 6.45) is 1.26. The second-order valence-corrected chi connectivity index (χ2v) is 7.13. The minimum absolute atomic E-state index is 0.0362. The molecule has 2 heterocycles. The van der Waals surface area contributed by atoms with E-state index in [0.717, 1.165) is 42.7 Å². The maximum Gasteiger partial charge on any atom is 0.326 e. The fourth-order valence-electron chi connectivity index (χ4n) is 3.86. The highest BCUT2D eigenvalue weighted by Crippen LogP contribution is 2.24. The molecule has 142 valence electrons. The Kier molecular flexibility index (Phi) is 5.27. The summed E-state index contributed by atoms with van der Waals surface area (Å²) >= 11 is 0. The molecule has 6 heteroatoms. The zero-order valence-corrected chi connectivity index (χ0v) is 15.3. The van der Waals surface area contributed by atoms with Crippen LogP contribution in [0.3, 0.4) is 0 Å². The lowest BCUT2D eigenvalue weighted by molar-refractivity contribution is 0.0559. The van der Waals surface area contributed by atoms with Crippen LogP contribution in [0.15, 0.2) is 59.4 Å². The van der Waals surface area contributed by atoms with Gasteiger partial charge < -0.3 is 19.7 Å². The van der Waals surface area contributed by atoms with E-state index in [1.54, 1.807) is 0 Å². The number of hydrogen-bond acceptors (Lipinski definition) is 4. The molecule has 1 atom stereocenters. The molecule has 0 spiro atoms. The third-order valence-electron chi connectivity index (χ3n) is 5.20. The van der Waals surface area contributed by atoms with Crippen molar-refractivity contribution in [2.45, 2.75) is 25.0 Å². The molecule has 1 aliphatic heterocycles. The molecule has 2 aromatic carbocycles. The van der Waals surface area contributed by atoms with E-state index in [1.807, 2.05) is 59.2 Å². The first kappa shape index (κ1) is 17.8. The number of ether oxygens (including phenoxy) is 1. The van der Waals surface area contributed by atoms with Gasteiger partial charge in [-0.3, -0.25) is 4.57 Å². The molecule has 0 radical (unpaired) electrons. The second kappa shape index (κ2) is 7.98. The SMILES string of the molecule is O=c1[nH]c2ccccc2n1C1CCN(CC(O)COc2ccccc2)CC1. The van der Waals surface area contributed by atoms with Gasteiger partial charge in [-0.2, -0.15) is 0 Å². The molecule has 2 N–H and O–H groups in total. The molecule has 0 amide bonds. The molecule has 0 saturated carbocycles. The summed E-state index contributed by atoms with van der Waals surface area (Å²) in [7, 11) is 0. The van der Waals surface area contributed by atoms with Crippen LogP contribution in [0.2, 0.25) is 0 Å². The Bertz CT molecular complexity index is 926. The normalized spacial score (nSPS) is 17.2. The zero-order chi connectivity index (χ0) is 18.6. The number of nitrogens with zero attached hydrogens (tertiary/aromatic N) is 2. The van der Waals surface area contributed by atoms with Gasteiger partial charge in [0.2, 0.25) is 0 Å². The highest BCUT2D eigenvalue weighted by Gasteiger charge is 2.24. The van der Waals surface area contributed by atoms with Crippen molar-refractivity contribution in [3.05, 3.63) is 65.1 Å². The fraction of sp³-hybridized carbons (Fsp3) is 0.381. The minimum Gasteiger partial charge on any atom is -0.491 e. The van der Waals surface area contributed by atoms with Crippen molar-refractivity contribution in [3.63, 3.8) is 0 Å². The lowest BCUT2D eigenvalue weighted by Gasteiger charge is -2.33. The standard InChI is InChI=1S/C21H25N3O3/c25-17(15-27-18-6-2-1-3-7-18)14-23-12-10-16(11-13-23)24-20-9-5-4-8-19(20)22-21(24)26/h1-9,16-17,25H,10-15H2,(H,22,26). The number of benzene rings is 2. The highest BCUT2D eigenvalue weighted by molar-refractivity contribution is 5.75. The van der Waals surface area contributed by atoms with Crippen LogP contribution in [0.5, 0.6) is 5.75 Å². The van der Waals surface area contributed by atoms with E-state index in [9.17, 15) is 9.90 Å². The first-order chi connectivity index (χ1) is 13.2. The summed E-state index contributed by atoms with van der Waals surface area (Å²) in [6, 6.07) is 17.6. The van der Waals surface area contributed by atoms with Gasteiger partial charge in [0, 0.05) is 25.7 Å². The Morgan fingerprint density at radius 1 is 1.07 bits per heavy atom. The van der Waals surface area contributed by atoms with Crippen molar-refractivity contribution in [3.8, 4) is 5.75 Å². The summed E-state index contributed by atoms with van der Waals surface area (Å²) in [4.78, 5) is 17.5. The molecule has 1 unspecified atom stereocenters. The van der Waals surface area contributed by atoms with Gasteiger partial charge in [-0.15, -0.1) is 0 Å². The number of para-hydroxylation sites is 3. The first-order valence-electron chi connectivity index (χ1n) is 9.48. The van der Waals surface area contributed by atoms with Crippen LogP contribution in [0.25, 0.3) is 11.0 Å². The van der Waals surface area contributed by atoms with Gasteiger partial charge >= 0.3 is 5.69 Å². The van der Waals surface area contributed by atoms with Crippen molar-refractivity contribution in [2.24, 2.45) is 0 Å². The molecular weight excluding hydrogens is 342 g/mol. The van der Waals surface area contributed by atoms with Crippen LogP contribution in [0.4, 0.5) is 0 Å². The van der Waals surface area contributed by atoms with E-state index >= 15 is 0 Å². The predicted molar refractivity (Wildman–Crippen MR) is 105 cm³/mol. The van der Waals surface area contributed by atoms with Gasteiger partial charge in [-0.05, 0) is 37.1 Å². The Balaban J connectivity index is 1.31. The summed E-state index contributed by atoms with van der Waals surface area (Å²) in [6.45, 7) is 2.59. The van der Waals surface area contributed by atoms with E-state index in [4.69, 9.17) is 4.74 Å². The fourth-order valence-corrected chi connectivity index (χ4v) is 3.86. The third kappa shape index (κ3) is 4.07. The molecule has 0 aliphatic carbocycles. The number of aliphatic hydroxyl groups is 1. The lowest BCUT2D eigenvalue weighted by Crippen LogP contribution is -2.42. The van der Waals surface area contributed by atoms with Gasteiger partial charge in [0.1, 0.15) is 18.5 Å². The molecule has 4 rings (SSSR count). The number of β-amino-alcohol motifs (C(OH)–C–C–N with tert-alkyl or cyclic N) is 1. The molecule has 1 aromatic heterocycles. The number of imidazole rings is 1. The molecule has 1 saturated heterocycles. The monoisotopic (exact) mass is 367 g/mol. The third-order valence-corrected chi connectivity index (χ3v) is 5.20. The smallest absolute Gasteiger partial charge is 0.326 e. The Morgan fingerprint density at radius 3 is 2.56 bits per heavy atom. The number of piperidine rings is 1. The number of aliphatic hydroxyl groups excluding tert-OH is 1. The van der Waals surface area contributed by atoms with E-state index in [1.165, 1.54) is 0 Å². The lowest BCUT2D eigenvalue weighted by atomic mass is 10.0. The van der Waals surface area contributed by atoms with Crippen molar-refractivity contribution < 1.29 is 9.84 Å². The maximum atomic E-state index is 12.4. The molecule has 27 heavy (non-hydrogen) atoms. The minimum atomic E-state index is -0.530. The van der Waals surface area contributed by atoms with E-state index in [-0.39, 0.29) is 18.3 Å². The van der Waals surface area contributed by atoms with Gasteiger partial charge in [0.15, 0.2) is 0 Å². The first-order valence-corrected chi connectivity index (χ1v) is 9.48. The quantitative estimate of drug-likeness (QED) is 0.702. The molecule has 1 aliphatic rings. The molecule has 6 nitrogen and oxygen atoms in total. The number of hydrogen-bond donors (Lipinski definition) is 2. The van der Waals surface area contributed by atoms with Crippen LogP contribution in [0.1, 0.15) is 18.9 Å². The Labute approximate surface area is 158 Å². The second-order valence-electron chi connectivity index (χ2n) is 7.13. The number of fused-ring (bicyclic) bond motifs is 1. The van der Waals surface area contributed by atoms with Crippen molar-refractivity contribution >= 4 is 11.0 Å². The van der Waals surface area contributed by atoms with E-state index in [0.29, 0.717) is 6.54 Å². The summed E-state index contributed by atoms with van der Waals surface area (Å²) in [5.41, 5.74) is 1.82. The van der Waals surface area contributed by atoms with Crippen LogP contribution >= 0.6 is 0 Å². The highest BCUT2D eigenvalue weighted by atomic mass is 16.5. The largest absolute Gasteiger partial charge is 0.491 e. The average molecular weight is 367 g/mol. The zero-order valence-electron chi connectivity index (χ0n) is 15.3. The van der Waals surface area contributed by atoms with Crippen molar-refractivity contribution in [2.75, 3.05) is 26.2 Å². The van der Waals surface area contributed by atoms with Gasteiger partial charge in [0.05, 0.1) is 11.0 Å². The van der Waals surface area contributed by atoms with Gasteiger partial charge in [-0.25, -0.2) is 4.79 Å². The summed E-state index contributed by atoms with van der Waals surface area (Å²) in [5.74, 6) is 0.772. The maximum absolute atomic E-state index is 12.4. The molecule has 0 bridgehead atoms. The summed E-state index contributed by atoms with van der Waals surface area (Å²) < 4.78 is 7.52. The Morgan fingerprint density at radius 2 is 1.78 bits per heavy atom. The van der Waals surface area contributed by atoms with Crippen molar-refractivity contribution in [1.82, 2.24) is 14.5 Å². The Hall–Kier alpha value is -2.57. The van der Waals surface area contributed by atoms with Crippen LogP contribution in [-0.2, 0) is 0 Å². The average Bonchev–Trinajstić information content (AvgIpc) is 3.04. The van der Waals surface area contributed by atoms with Crippen molar-refractivity contribution in [1.29, 1.82) is 0 Å². The van der Waals surface area contributed by atoms with E-state index < -0.39 is 6.10 Å². The van der Waals surface area contributed by atoms with Crippen LogP contribution in [-0.4, -0.2) is 51.9 Å². The van der Waals surface area contributed by atoms with Crippen LogP contribution in [0, 0.1) is 0 Å². The molecular formula is C21H25N3O3. The summed E-state index contributed by atoms with van der Waals surface area (Å²) in [5, 5.41) is 10.3. The van der Waals surface area contributed by atoms with Crippen LogP contribution < -0.4 is 10.4 Å². The number of aromatic nitrogens is 2. The molecule has 3 aromatic rings. The topological polar surface area (TPSA) is 70.5 Å². The number of H-pyrrole nitrogens is 1. The van der Waals surface area contributed by atoms with Gasteiger partial charge in [0.25, 0.3) is 0 Å². The predicted octanol–water partition coefficient (Wildman–Crippen LogP) is 2.41. The molecule has 1 fully saturated rings. The number of aromatic amines is 1. The number of likely N-dealkylation sites (tertiary alicyclic amines) is 1.